The van der Waals surface area contributed by atoms with Gasteiger partial charge >= 0.3 is 5.97 Å². The van der Waals surface area contributed by atoms with E-state index in [1.54, 1.807) is 37.8 Å². The Bertz CT molecular complexity index is 1410. The van der Waals surface area contributed by atoms with Crippen molar-refractivity contribution in [3.63, 3.8) is 0 Å². The smallest absolute Gasteiger partial charge is 0.310 e. The summed E-state index contributed by atoms with van der Waals surface area (Å²) >= 11 is 1.55. The first kappa shape index (κ1) is 31.6. The summed E-state index contributed by atoms with van der Waals surface area (Å²) in [7, 11) is 3.35. The number of anilines is 2. The van der Waals surface area contributed by atoms with Gasteiger partial charge in [0.1, 0.15) is 11.6 Å². The van der Waals surface area contributed by atoms with Crippen LogP contribution in [-0.2, 0) is 26.6 Å². The molecule has 2 saturated heterocycles. The van der Waals surface area contributed by atoms with Gasteiger partial charge in [0.25, 0.3) is 5.91 Å². The highest BCUT2D eigenvalue weighted by atomic mass is 32.2. The maximum absolute atomic E-state index is 13.3. The van der Waals surface area contributed by atoms with Crippen LogP contribution in [0.1, 0.15) is 41.4 Å². The maximum atomic E-state index is 13.3. The van der Waals surface area contributed by atoms with Gasteiger partial charge in [-0.15, -0.1) is 0 Å². The molecule has 0 aliphatic carbocycles. The number of ether oxygens (including phenoxy) is 3. The van der Waals surface area contributed by atoms with Crippen LogP contribution >= 0.6 is 11.8 Å². The summed E-state index contributed by atoms with van der Waals surface area (Å²) in [5.41, 5.74) is 3.65. The van der Waals surface area contributed by atoms with E-state index in [2.05, 4.69) is 21.9 Å². The number of nitrogens with zero attached hydrogens (tertiary/aromatic N) is 5. The molecule has 2 aliphatic heterocycles. The first-order valence-electron chi connectivity index (χ1n) is 15.2. The van der Waals surface area contributed by atoms with Crippen molar-refractivity contribution in [1.82, 2.24) is 14.9 Å². The Labute approximate surface area is 263 Å². The average molecular weight is 620 g/mol. The number of methoxy groups -OCH3 is 2. The maximum Gasteiger partial charge on any atom is 0.310 e. The van der Waals surface area contributed by atoms with Crippen LogP contribution in [0.15, 0.2) is 59.8 Å². The van der Waals surface area contributed by atoms with Crippen LogP contribution in [0.25, 0.3) is 0 Å². The first-order chi connectivity index (χ1) is 21.5. The number of esters is 1. The molecular weight excluding hydrogens is 578 g/mol. The molecule has 0 saturated carbocycles. The van der Waals surface area contributed by atoms with Crippen LogP contribution in [0.3, 0.4) is 0 Å². The van der Waals surface area contributed by atoms with Gasteiger partial charge in [0.2, 0.25) is 0 Å². The molecule has 234 valence electrons. The SMILES string of the molecule is CCOC(=O)C1CCCN(C(=O)c2cccc(CSc3nc(COC)cc(N4CCN(c5ccc(OC)cc5)CC4)n3)c2)C1. The molecule has 5 rings (SSSR count). The van der Waals surface area contributed by atoms with E-state index < -0.39 is 0 Å². The van der Waals surface area contributed by atoms with E-state index in [1.165, 1.54) is 5.69 Å². The minimum atomic E-state index is -0.262. The van der Waals surface area contributed by atoms with Crippen molar-refractivity contribution in [3.05, 3.63) is 71.4 Å². The lowest BCUT2D eigenvalue weighted by Crippen LogP contribution is -2.46. The van der Waals surface area contributed by atoms with Crippen molar-refractivity contribution in [2.24, 2.45) is 5.92 Å². The molecule has 44 heavy (non-hydrogen) atoms. The monoisotopic (exact) mass is 619 g/mol. The number of carbonyl (C=O) groups excluding carboxylic acids is 2. The molecule has 0 N–H and O–H groups in total. The second-order valence-electron chi connectivity index (χ2n) is 10.9. The van der Waals surface area contributed by atoms with Gasteiger partial charge in [-0.2, -0.15) is 0 Å². The van der Waals surface area contributed by atoms with E-state index >= 15 is 0 Å². The van der Waals surface area contributed by atoms with Crippen molar-refractivity contribution in [1.29, 1.82) is 0 Å². The lowest BCUT2D eigenvalue weighted by molar-refractivity contribution is -0.149. The lowest BCUT2D eigenvalue weighted by atomic mass is 9.97. The van der Waals surface area contributed by atoms with E-state index in [-0.39, 0.29) is 17.8 Å². The average Bonchev–Trinajstić information content (AvgIpc) is 3.07. The molecule has 1 aromatic heterocycles. The van der Waals surface area contributed by atoms with Crippen molar-refractivity contribution >= 4 is 35.1 Å². The molecule has 10 nitrogen and oxygen atoms in total. The lowest BCUT2D eigenvalue weighted by Gasteiger charge is -2.37. The third kappa shape index (κ3) is 8.00. The fourth-order valence-electron chi connectivity index (χ4n) is 5.63. The zero-order chi connectivity index (χ0) is 30.9. The number of piperidine rings is 1. The highest BCUT2D eigenvalue weighted by molar-refractivity contribution is 7.98. The third-order valence-electron chi connectivity index (χ3n) is 7.95. The molecule has 1 atom stereocenters. The Balaban J connectivity index is 1.22. The zero-order valence-electron chi connectivity index (χ0n) is 25.7. The largest absolute Gasteiger partial charge is 0.497 e. The second kappa shape index (κ2) is 15.3. The molecule has 0 spiro atoms. The molecule has 1 amide bonds. The van der Waals surface area contributed by atoms with E-state index in [9.17, 15) is 9.59 Å². The summed E-state index contributed by atoms with van der Waals surface area (Å²) in [5, 5.41) is 0.678. The third-order valence-corrected chi connectivity index (χ3v) is 8.87. The van der Waals surface area contributed by atoms with Gasteiger partial charge < -0.3 is 28.9 Å². The van der Waals surface area contributed by atoms with Crippen LogP contribution in [-0.4, -0.2) is 86.8 Å². The van der Waals surface area contributed by atoms with E-state index in [1.807, 2.05) is 42.5 Å². The Morgan fingerprint density at radius 2 is 1.73 bits per heavy atom. The molecule has 3 aromatic rings. The predicted octanol–water partition coefficient (Wildman–Crippen LogP) is 4.67. The molecule has 2 aromatic carbocycles. The summed E-state index contributed by atoms with van der Waals surface area (Å²) in [6, 6.07) is 17.9. The highest BCUT2D eigenvalue weighted by Gasteiger charge is 2.30. The fourth-order valence-corrected chi connectivity index (χ4v) is 6.45. The zero-order valence-corrected chi connectivity index (χ0v) is 26.6. The standard InChI is InChI=1S/C33H41N5O5S/c1-4-43-32(40)26-9-6-14-38(21-26)31(39)25-8-5-7-24(19-25)23-44-33-34-27(22-41-2)20-30(35-33)37-17-15-36(16-18-37)28-10-12-29(42-3)13-11-28/h5,7-8,10-13,19-20,26H,4,6,9,14-18,21-23H2,1-3H3. The Kier molecular flexibility index (Phi) is 11.0. The number of rotatable bonds is 11. The van der Waals surface area contributed by atoms with E-state index in [4.69, 9.17) is 24.2 Å². The second-order valence-corrected chi connectivity index (χ2v) is 11.9. The summed E-state index contributed by atoms with van der Waals surface area (Å²) in [6.07, 6.45) is 1.54. The van der Waals surface area contributed by atoms with Crippen molar-refractivity contribution < 1.29 is 23.8 Å². The molecule has 2 aliphatic rings. The van der Waals surface area contributed by atoms with Crippen LogP contribution in [0.5, 0.6) is 5.75 Å². The van der Waals surface area contributed by atoms with Crippen LogP contribution < -0.4 is 14.5 Å². The Hall–Kier alpha value is -3.83. The number of amides is 1. The normalized spacial score (nSPS) is 17.0. The molecule has 0 radical (unpaired) electrons. The number of hydrogen-bond donors (Lipinski definition) is 0. The quantitative estimate of drug-likeness (QED) is 0.171. The first-order valence-corrected chi connectivity index (χ1v) is 16.1. The number of hydrogen-bond acceptors (Lipinski definition) is 10. The molecule has 3 heterocycles. The number of thioether (sulfide) groups is 1. The van der Waals surface area contributed by atoms with Gasteiger partial charge in [0, 0.05) is 69.4 Å². The predicted molar refractivity (Wildman–Crippen MR) is 171 cm³/mol. The molecule has 1 unspecified atom stereocenters. The van der Waals surface area contributed by atoms with Gasteiger partial charge in [-0.25, -0.2) is 9.97 Å². The minimum Gasteiger partial charge on any atom is -0.497 e. The molecular formula is C33H41N5O5S. The number of carbonyl (C=O) groups is 2. The van der Waals surface area contributed by atoms with Gasteiger partial charge in [0.15, 0.2) is 5.16 Å². The number of aromatic nitrogens is 2. The summed E-state index contributed by atoms with van der Waals surface area (Å²) in [6.45, 7) is 7.06. The molecule has 0 bridgehead atoms. The van der Waals surface area contributed by atoms with Crippen LogP contribution in [0, 0.1) is 5.92 Å². The summed E-state index contributed by atoms with van der Waals surface area (Å²) in [4.78, 5) is 41.7. The van der Waals surface area contributed by atoms with Crippen molar-refractivity contribution in [2.45, 2.75) is 37.3 Å². The van der Waals surface area contributed by atoms with Gasteiger partial charge in [-0.1, -0.05) is 23.9 Å². The fraction of sp³-hybridized carbons (Fsp3) is 0.455. The highest BCUT2D eigenvalue weighted by Crippen LogP contribution is 2.27. The van der Waals surface area contributed by atoms with Gasteiger partial charge in [-0.3, -0.25) is 9.59 Å². The number of likely N-dealkylation sites (tertiary alicyclic amines) is 1. The van der Waals surface area contributed by atoms with Crippen LogP contribution in [0.4, 0.5) is 11.5 Å². The van der Waals surface area contributed by atoms with E-state index in [0.29, 0.717) is 42.8 Å². The van der Waals surface area contributed by atoms with E-state index in [0.717, 1.165) is 61.8 Å². The Morgan fingerprint density at radius 3 is 2.45 bits per heavy atom. The van der Waals surface area contributed by atoms with Gasteiger partial charge in [0.05, 0.1) is 31.9 Å². The van der Waals surface area contributed by atoms with Crippen molar-refractivity contribution in [3.8, 4) is 5.75 Å². The molecule has 2 fully saturated rings. The van der Waals surface area contributed by atoms with Crippen LogP contribution in [0.2, 0.25) is 0 Å². The minimum absolute atomic E-state index is 0.0553. The summed E-state index contributed by atoms with van der Waals surface area (Å²) < 4.78 is 15.9. The Morgan fingerprint density at radius 1 is 0.955 bits per heavy atom. The topological polar surface area (TPSA) is 97.3 Å². The van der Waals surface area contributed by atoms with Crippen molar-refractivity contribution in [2.75, 3.05) is 69.9 Å². The number of benzene rings is 2. The summed E-state index contributed by atoms with van der Waals surface area (Å²) in [5.74, 6) is 1.84. The van der Waals surface area contributed by atoms with Gasteiger partial charge in [-0.05, 0) is 61.7 Å². The molecule has 11 heteroatoms. The number of piperazine rings is 1.